The van der Waals surface area contributed by atoms with Crippen molar-refractivity contribution in [3.8, 4) is 0 Å². The number of carbonyl (C=O) groups excluding carboxylic acids is 1. The molecule has 2 amide bonds. The van der Waals surface area contributed by atoms with Crippen molar-refractivity contribution in [1.29, 1.82) is 0 Å². The Kier molecular flexibility index (Phi) is 5.90. The molecule has 2 heterocycles. The van der Waals surface area contributed by atoms with Gasteiger partial charge in [-0.15, -0.1) is 0 Å². The Morgan fingerprint density at radius 3 is 2.50 bits per heavy atom. The Balaban J connectivity index is 1.54. The molecule has 0 aromatic heterocycles. The van der Waals surface area contributed by atoms with Gasteiger partial charge in [0.1, 0.15) is 11.6 Å². The molecule has 0 bridgehead atoms. The van der Waals surface area contributed by atoms with Gasteiger partial charge in [0.2, 0.25) is 0 Å². The normalized spacial score (nSPS) is 18.8. The monoisotopic (exact) mass is 414 g/mol. The Morgan fingerprint density at radius 2 is 1.77 bits per heavy atom. The van der Waals surface area contributed by atoms with Crippen molar-refractivity contribution < 1.29 is 13.6 Å². The highest BCUT2D eigenvalue weighted by Crippen LogP contribution is 2.39. The van der Waals surface area contributed by atoms with E-state index < -0.39 is 0 Å². The zero-order chi connectivity index (χ0) is 21.3. The van der Waals surface area contributed by atoms with Crippen LogP contribution in [0.2, 0.25) is 0 Å². The highest BCUT2D eigenvalue weighted by Gasteiger charge is 2.34. The second kappa shape index (κ2) is 8.60. The van der Waals surface area contributed by atoms with Gasteiger partial charge < -0.3 is 15.1 Å². The van der Waals surface area contributed by atoms with Crippen molar-refractivity contribution in [2.45, 2.75) is 26.3 Å². The van der Waals surface area contributed by atoms with Gasteiger partial charge in [0.05, 0.1) is 11.4 Å². The predicted octanol–water partition coefficient (Wildman–Crippen LogP) is 4.36. The van der Waals surface area contributed by atoms with Crippen LogP contribution >= 0.6 is 0 Å². The van der Waals surface area contributed by atoms with Gasteiger partial charge in [-0.05, 0) is 61.3 Å². The number of halogens is 2. The molecule has 1 atom stereocenters. The highest BCUT2D eigenvalue weighted by atomic mass is 19.1. The zero-order valence-corrected chi connectivity index (χ0v) is 17.4. The molecule has 0 radical (unpaired) electrons. The predicted molar refractivity (Wildman–Crippen MR) is 115 cm³/mol. The third kappa shape index (κ3) is 4.26. The second-order valence-electron chi connectivity index (χ2n) is 8.43. The minimum atomic E-state index is -0.366. The molecule has 0 aliphatic carbocycles. The molecular formula is C23H28F2N4O. The minimum absolute atomic E-state index is 0.0459. The van der Waals surface area contributed by atoms with Crippen LogP contribution in [0.5, 0.6) is 0 Å². The molecule has 0 saturated carbocycles. The number of benzene rings is 2. The Morgan fingerprint density at radius 1 is 1.03 bits per heavy atom. The van der Waals surface area contributed by atoms with Crippen LogP contribution in [-0.4, -0.2) is 49.7 Å². The maximum absolute atomic E-state index is 14.1. The molecule has 30 heavy (non-hydrogen) atoms. The number of rotatable bonds is 4. The van der Waals surface area contributed by atoms with E-state index in [-0.39, 0.29) is 17.7 Å². The summed E-state index contributed by atoms with van der Waals surface area (Å²) < 4.78 is 27.4. The first-order valence-electron chi connectivity index (χ1n) is 10.5. The average molecular weight is 415 g/mol. The zero-order valence-electron chi connectivity index (χ0n) is 17.4. The second-order valence-corrected chi connectivity index (χ2v) is 8.43. The number of urea groups is 1. The molecule has 2 aliphatic rings. The van der Waals surface area contributed by atoms with E-state index in [9.17, 15) is 13.6 Å². The van der Waals surface area contributed by atoms with Crippen molar-refractivity contribution in [3.63, 3.8) is 0 Å². The number of anilines is 3. The summed E-state index contributed by atoms with van der Waals surface area (Å²) in [7, 11) is 0. The number of fused-ring (bicyclic) bond motifs is 1. The molecule has 4 rings (SSSR count). The van der Waals surface area contributed by atoms with Crippen LogP contribution in [0.4, 0.5) is 30.6 Å². The van der Waals surface area contributed by atoms with E-state index in [0.717, 1.165) is 18.7 Å². The Labute approximate surface area is 176 Å². The average Bonchev–Trinajstić information content (AvgIpc) is 3.21. The summed E-state index contributed by atoms with van der Waals surface area (Å²) in [4.78, 5) is 18.8. The number of amides is 2. The third-order valence-corrected chi connectivity index (χ3v) is 5.71. The summed E-state index contributed by atoms with van der Waals surface area (Å²) in [5.41, 5.74) is 2.07. The first-order valence-corrected chi connectivity index (χ1v) is 10.5. The van der Waals surface area contributed by atoms with E-state index in [4.69, 9.17) is 0 Å². The van der Waals surface area contributed by atoms with E-state index >= 15 is 0 Å². The van der Waals surface area contributed by atoms with E-state index in [2.05, 4.69) is 19.2 Å². The Hall–Kier alpha value is -2.67. The van der Waals surface area contributed by atoms with E-state index in [0.29, 0.717) is 49.5 Å². The molecule has 2 aromatic carbocycles. The molecule has 2 aliphatic heterocycles. The van der Waals surface area contributed by atoms with Crippen molar-refractivity contribution in [1.82, 2.24) is 10.2 Å². The number of nitrogens with zero attached hydrogens (tertiary/aromatic N) is 3. The molecule has 1 saturated heterocycles. The van der Waals surface area contributed by atoms with Crippen LogP contribution in [0, 0.1) is 17.6 Å². The summed E-state index contributed by atoms with van der Waals surface area (Å²) in [5.74, 6) is -0.118. The molecule has 1 fully saturated rings. The van der Waals surface area contributed by atoms with Crippen LogP contribution in [0.25, 0.3) is 0 Å². The van der Waals surface area contributed by atoms with Crippen molar-refractivity contribution in [2.24, 2.45) is 5.92 Å². The largest absolute Gasteiger partial charge is 0.338 e. The van der Waals surface area contributed by atoms with E-state index in [1.165, 1.54) is 24.3 Å². The topological polar surface area (TPSA) is 38.8 Å². The first kappa shape index (κ1) is 20.6. The summed E-state index contributed by atoms with van der Waals surface area (Å²) in [5, 5.41) is 3.53. The van der Waals surface area contributed by atoms with Gasteiger partial charge in [-0.1, -0.05) is 13.8 Å². The maximum atomic E-state index is 14.1. The van der Waals surface area contributed by atoms with Gasteiger partial charge in [0.25, 0.3) is 0 Å². The molecule has 160 valence electrons. The smallest absolute Gasteiger partial charge is 0.324 e. The van der Waals surface area contributed by atoms with Crippen molar-refractivity contribution >= 4 is 23.1 Å². The Bertz CT molecular complexity index is 903. The molecule has 1 N–H and O–H groups in total. The number of likely N-dealkylation sites (tertiary alicyclic amines) is 1. The summed E-state index contributed by atoms with van der Waals surface area (Å²) in [6, 6.07) is 10.9. The van der Waals surface area contributed by atoms with Crippen LogP contribution in [0.3, 0.4) is 0 Å². The lowest BCUT2D eigenvalue weighted by atomic mass is 10.1. The fourth-order valence-corrected chi connectivity index (χ4v) is 4.14. The number of hydrogen-bond donors (Lipinski definition) is 1. The van der Waals surface area contributed by atoms with Crippen molar-refractivity contribution in [2.75, 3.05) is 42.5 Å². The van der Waals surface area contributed by atoms with Gasteiger partial charge in [-0.25, -0.2) is 13.6 Å². The van der Waals surface area contributed by atoms with E-state index in [1.54, 1.807) is 23.1 Å². The lowest BCUT2D eigenvalue weighted by Crippen LogP contribution is -2.49. The SMILES string of the molecule is CC(C)CNC1CCN(C(=O)N2CCN(c3ccc(F)cc3)c3cc(F)ccc32)C1. The lowest BCUT2D eigenvalue weighted by Gasteiger charge is -2.39. The summed E-state index contributed by atoms with van der Waals surface area (Å²) in [6.07, 6.45) is 0.935. The third-order valence-electron chi connectivity index (χ3n) is 5.71. The van der Waals surface area contributed by atoms with Gasteiger partial charge in [0.15, 0.2) is 0 Å². The molecule has 0 spiro atoms. The molecule has 5 nitrogen and oxygen atoms in total. The fraction of sp³-hybridized carbons (Fsp3) is 0.435. The number of nitrogens with one attached hydrogen (secondary N) is 1. The number of hydrogen-bond acceptors (Lipinski definition) is 3. The van der Waals surface area contributed by atoms with Gasteiger partial charge in [-0.2, -0.15) is 0 Å². The standard InChI is InChI=1S/C23H28F2N4O/c1-16(2)14-26-19-9-10-27(15-19)23(30)29-12-11-28(20-6-3-17(24)4-7-20)22-13-18(25)5-8-21(22)29/h3-8,13,16,19,26H,9-12,14-15H2,1-2H3. The number of carbonyl (C=O) groups is 1. The molecule has 7 heteroatoms. The summed E-state index contributed by atoms with van der Waals surface area (Å²) >= 11 is 0. The summed E-state index contributed by atoms with van der Waals surface area (Å²) in [6.45, 7) is 7.66. The van der Waals surface area contributed by atoms with Gasteiger partial charge in [0, 0.05) is 37.9 Å². The first-order chi connectivity index (χ1) is 14.4. The van der Waals surface area contributed by atoms with Crippen LogP contribution in [-0.2, 0) is 0 Å². The minimum Gasteiger partial charge on any atom is -0.338 e. The van der Waals surface area contributed by atoms with Crippen molar-refractivity contribution in [3.05, 3.63) is 54.1 Å². The molecule has 1 unspecified atom stereocenters. The maximum Gasteiger partial charge on any atom is 0.324 e. The van der Waals surface area contributed by atoms with Crippen LogP contribution < -0.4 is 15.1 Å². The van der Waals surface area contributed by atoms with Crippen LogP contribution in [0.1, 0.15) is 20.3 Å². The van der Waals surface area contributed by atoms with Gasteiger partial charge >= 0.3 is 6.03 Å². The molecular weight excluding hydrogens is 386 g/mol. The quantitative estimate of drug-likeness (QED) is 0.808. The fourth-order valence-electron chi connectivity index (χ4n) is 4.14. The molecule has 2 aromatic rings. The van der Waals surface area contributed by atoms with Gasteiger partial charge in [-0.3, -0.25) is 4.90 Å². The van der Waals surface area contributed by atoms with E-state index in [1.807, 2.05) is 9.80 Å². The van der Waals surface area contributed by atoms with Crippen LogP contribution in [0.15, 0.2) is 42.5 Å². The highest BCUT2D eigenvalue weighted by molar-refractivity contribution is 5.98. The lowest BCUT2D eigenvalue weighted by molar-refractivity contribution is 0.214.